The van der Waals surface area contributed by atoms with E-state index in [1.807, 2.05) is 30.3 Å². The molecule has 3 aliphatic rings. The van der Waals surface area contributed by atoms with Crippen LogP contribution in [0.5, 0.6) is 0 Å². The van der Waals surface area contributed by atoms with E-state index in [1.165, 1.54) is 0 Å². The Kier molecular flexibility index (Phi) is 5.59. The average molecular weight is 417 g/mol. The van der Waals surface area contributed by atoms with E-state index in [0.717, 1.165) is 11.1 Å². The van der Waals surface area contributed by atoms with Gasteiger partial charge in [-0.25, -0.2) is 0 Å². The predicted octanol–water partition coefficient (Wildman–Crippen LogP) is 4.09. The van der Waals surface area contributed by atoms with Crippen LogP contribution in [0.15, 0.2) is 42.0 Å². The minimum Gasteiger partial charge on any atom is -0.414 e. The fourth-order valence-corrected chi connectivity index (χ4v) is 5.15. The van der Waals surface area contributed by atoms with Crippen LogP contribution >= 0.6 is 0 Å². The third kappa shape index (κ3) is 4.01. The number of hydrogen-bond acceptors (Lipinski definition) is 5. The van der Waals surface area contributed by atoms with Crippen molar-refractivity contribution >= 4 is 14.1 Å². The molecule has 0 unspecified atom stereocenters. The van der Waals surface area contributed by atoms with Gasteiger partial charge >= 0.3 is 0 Å². The number of hydrogen-bond donors (Lipinski definition) is 0. The van der Waals surface area contributed by atoms with E-state index in [4.69, 9.17) is 18.6 Å². The fraction of sp³-hybridized carbons (Fsp3) is 0.609. The molecule has 0 bridgehead atoms. The maximum absolute atomic E-state index is 12.8. The predicted molar refractivity (Wildman–Crippen MR) is 113 cm³/mol. The topological polar surface area (TPSA) is 54.0 Å². The van der Waals surface area contributed by atoms with Gasteiger partial charge in [0, 0.05) is 5.92 Å². The summed E-state index contributed by atoms with van der Waals surface area (Å²) < 4.78 is 24.9. The molecule has 0 aromatic heterocycles. The van der Waals surface area contributed by atoms with E-state index in [-0.39, 0.29) is 41.2 Å². The van der Waals surface area contributed by atoms with E-state index in [1.54, 1.807) is 6.08 Å². The SMILES string of the molecule is CC(C)(C)[Si](C)(C)OC[C@H]1O[C@@H]2OCC3=CC(=O)[C@H]([C@@H]1OCc1ccccc1)[C@@H]32. The molecule has 0 N–H and O–H groups in total. The van der Waals surface area contributed by atoms with Crippen LogP contribution < -0.4 is 0 Å². The highest BCUT2D eigenvalue weighted by atomic mass is 28.4. The zero-order valence-electron chi connectivity index (χ0n) is 18.0. The molecule has 0 amide bonds. The molecular formula is C23H32O5Si. The van der Waals surface area contributed by atoms with Crippen molar-refractivity contribution in [3.63, 3.8) is 0 Å². The Morgan fingerprint density at radius 2 is 1.86 bits per heavy atom. The van der Waals surface area contributed by atoms with Crippen LogP contribution in [-0.2, 0) is 30.0 Å². The van der Waals surface area contributed by atoms with Crippen LogP contribution in [0.2, 0.25) is 18.1 Å². The molecule has 2 fully saturated rings. The third-order valence-electron chi connectivity index (χ3n) is 6.91. The van der Waals surface area contributed by atoms with Gasteiger partial charge in [-0.1, -0.05) is 51.1 Å². The van der Waals surface area contributed by atoms with Gasteiger partial charge in [0.15, 0.2) is 20.4 Å². The molecule has 5 nitrogen and oxygen atoms in total. The lowest BCUT2D eigenvalue weighted by Crippen LogP contribution is -2.55. The maximum atomic E-state index is 12.8. The molecule has 0 spiro atoms. The second-order valence-electron chi connectivity index (χ2n) is 9.86. The van der Waals surface area contributed by atoms with Crippen LogP contribution in [0.3, 0.4) is 0 Å². The molecule has 5 atom stereocenters. The van der Waals surface area contributed by atoms with Crippen molar-refractivity contribution in [1.29, 1.82) is 0 Å². The molecule has 158 valence electrons. The third-order valence-corrected chi connectivity index (χ3v) is 11.4. The number of rotatable bonds is 6. The number of ketones is 1. The zero-order valence-corrected chi connectivity index (χ0v) is 19.0. The summed E-state index contributed by atoms with van der Waals surface area (Å²) in [5, 5.41) is 0.104. The van der Waals surface area contributed by atoms with Crippen LogP contribution in [-0.4, -0.2) is 45.8 Å². The van der Waals surface area contributed by atoms with Gasteiger partial charge in [0.2, 0.25) is 0 Å². The summed E-state index contributed by atoms with van der Waals surface area (Å²) in [7, 11) is -1.95. The van der Waals surface area contributed by atoms with E-state index in [2.05, 4.69) is 33.9 Å². The molecule has 1 aliphatic carbocycles. The van der Waals surface area contributed by atoms with Gasteiger partial charge in [-0.2, -0.15) is 0 Å². The van der Waals surface area contributed by atoms with E-state index < -0.39 is 8.32 Å². The lowest BCUT2D eigenvalue weighted by Gasteiger charge is -2.43. The first-order valence-corrected chi connectivity index (χ1v) is 13.4. The van der Waals surface area contributed by atoms with Gasteiger partial charge in [0.25, 0.3) is 0 Å². The quantitative estimate of drug-likeness (QED) is 0.654. The van der Waals surface area contributed by atoms with Gasteiger partial charge in [-0.15, -0.1) is 0 Å². The van der Waals surface area contributed by atoms with Crippen LogP contribution in [0.25, 0.3) is 0 Å². The molecule has 0 saturated carbocycles. The van der Waals surface area contributed by atoms with E-state index in [0.29, 0.717) is 19.8 Å². The van der Waals surface area contributed by atoms with Gasteiger partial charge < -0.3 is 18.6 Å². The Hall–Kier alpha value is -1.31. The van der Waals surface area contributed by atoms with Crippen LogP contribution in [0, 0.1) is 11.8 Å². The Morgan fingerprint density at radius 1 is 1.14 bits per heavy atom. The van der Waals surface area contributed by atoms with Crippen molar-refractivity contribution in [3.05, 3.63) is 47.5 Å². The Labute approximate surface area is 174 Å². The van der Waals surface area contributed by atoms with Crippen molar-refractivity contribution in [2.75, 3.05) is 13.2 Å². The van der Waals surface area contributed by atoms with E-state index in [9.17, 15) is 4.79 Å². The molecule has 1 aromatic rings. The highest BCUT2D eigenvalue weighted by Crippen LogP contribution is 2.47. The highest BCUT2D eigenvalue weighted by molar-refractivity contribution is 6.74. The second kappa shape index (κ2) is 7.74. The Morgan fingerprint density at radius 3 is 2.55 bits per heavy atom. The standard InChI is InChI=1S/C23H32O5Si/c1-23(2,3)29(4,5)27-14-18-21(25-12-15-9-7-6-8-10-15)20-17(24)11-16-13-26-22(28-18)19(16)20/h6-11,18-22H,12-14H2,1-5H3/t18-,19-,20+,21-,22+/m1/s1. The molecular weight excluding hydrogens is 384 g/mol. The minimum atomic E-state index is -1.95. The number of benzene rings is 1. The zero-order chi connectivity index (χ0) is 20.8. The highest BCUT2D eigenvalue weighted by Gasteiger charge is 2.56. The summed E-state index contributed by atoms with van der Waals surface area (Å²) >= 11 is 0. The van der Waals surface area contributed by atoms with Gasteiger partial charge in [0.05, 0.1) is 31.8 Å². The molecule has 1 aromatic carbocycles. The summed E-state index contributed by atoms with van der Waals surface area (Å²) in [6.07, 6.45) is 0.703. The summed E-state index contributed by atoms with van der Waals surface area (Å²) in [5.74, 6) is -0.132. The molecule has 2 aliphatic heterocycles. The van der Waals surface area contributed by atoms with Crippen molar-refractivity contribution in [1.82, 2.24) is 0 Å². The van der Waals surface area contributed by atoms with Crippen molar-refractivity contribution in [2.24, 2.45) is 11.8 Å². The fourth-order valence-electron chi connectivity index (χ4n) is 4.14. The summed E-state index contributed by atoms with van der Waals surface area (Å²) in [6.45, 7) is 12.4. The largest absolute Gasteiger partial charge is 0.414 e. The number of allylic oxidation sites excluding steroid dienone is 1. The molecule has 4 rings (SSSR count). The monoisotopic (exact) mass is 416 g/mol. The Bertz CT molecular complexity index is 782. The first kappa shape index (κ1) is 20.9. The van der Waals surface area contributed by atoms with Gasteiger partial charge in [0.1, 0.15) is 6.10 Å². The summed E-state index contributed by atoms with van der Waals surface area (Å²) in [5.41, 5.74) is 2.13. The number of carbonyl (C=O) groups excluding carboxylic acids is 1. The van der Waals surface area contributed by atoms with Gasteiger partial charge in [-0.05, 0) is 35.3 Å². The van der Waals surface area contributed by atoms with Crippen molar-refractivity contribution in [3.8, 4) is 0 Å². The summed E-state index contributed by atoms with van der Waals surface area (Å²) in [6, 6.07) is 10.0. The number of carbonyl (C=O) groups is 1. The molecule has 6 heteroatoms. The molecule has 2 saturated heterocycles. The van der Waals surface area contributed by atoms with Crippen LogP contribution in [0.4, 0.5) is 0 Å². The van der Waals surface area contributed by atoms with Crippen molar-refractivity contribution in [2.45, 2.75) is 64.0 Å². The molecule has 0 radical (unpaired) electrons. The maximum Gasteiger partial charge on any atom is 0.192 e. The first-order valence-electron chi connectivity index (χ1n) is 10.5. The normalized spacial score (nSPS) is 31.7. The van der Waals surface area contributed by atoms with Crippen molar-refractivity contribution < 1.29 is 23.4 Å². The van der Waals surface area contributed by atoms with Crippen LogP contribution in [0.1, 0.15) is 26.3 Å². The average Bonchev–Trinajstić information content (AvgIpc) is 3.21. The minimum absolute atomic E-state index is 0.0209. The van der Waals surface area contributed by atoms with Gasteiger partial charge in [-0.3, -0.25) is 4.79 Å². The lowest BCUT2D eigenvalue weighted by atomic mass is 9.82. The molecule has 2 heterocycles. The smallest absolute Gasteiger partial charge is 0.192 e. The van der Waals surface area contributed by atoms with E-state index >= 15 is 0 Å². The Balaban J connectivity index is 1.53. The first-order chi connectivity index (χ1) is 13.7. The molecule has 29 heavy (non-hydrogen) atoms. The lowest BCUT2D eigenvalue weighted by molar-refractivity contribution is -0.249. The second-order valence-corrected chi connectivity index (χ2v) is 14.7. The summed E-state index contributed by atoms with van der Waals surface area (Å²) in [4.78, 5) is 12.8. The number of ether oxygens (including phenoxy) is 3.